The molecule has 2 heteroatoms. The quantitative estimate of drug-likeness (QED) is 0.817. The molecule has 2 fully saturated rings. The zero-order valence-electron chi connectivity index (χ0n) is 12.0. The zero-order chi connectivity index (χ0) is 13.7. The zero-order valence-corrected chi connectivity index (χ0v) is 12.0. The number of hydrogen-bond acceptors (Lipinski definition) is 2. The Morgan fingerprint density at radius 2 is 1.95 bits per heavy atom. The molecule has 20 heavy (non-hydrogen) atoms. The number of nitrogens with zero attached hydrogens (tertiary/aromatic N) is 2. The van der Waals surface area contributed by atoms with E-state index >= 15 is 0 Å². The minimum absolute atomic E-state index is 0.154. The summed E-state index contributed by atoms with van der Waals surface area (Å²) in [6, 6.07) is 12.6. The topological polar surface area (TPSA) is 27.0 Å². The third-order valence-corrected chi connectivity index (χ3v) is 5.52. The number of nitriles is 1. The summed E-state index contributed by atoms with van der Waals surface area (Å²) in [6.07, 6.45) is 8.32. The summed E-state index contributed by atoms with van der Waals surface area (Å²) >= 11 is 0. The fourth-order valence-corrected chi connectivity index (χ4v) is 3.85. The van der Waals surface area contributed by atoms with Crippen LogP contribution in [0.2, 0.25) is 0 Å². The highest BCUT2D eigenvalue weighted by atomic mass is 15.2. The first kappa shape index (κ1) is 12.2. The monoisotopic (exact) mass is 264 g/mol. The molecule has 0 amide bonds. The molecule has 2 atom stereocenters. The Hall–Kier alpha value is -1.59. The van der Waals surface area contributed by atoms with Gasteiger partial charge in [-0.25, -0.2) is 0 Å². The van der Waals surface area contributed by atoms with Crippen molar-refractivity contribution in [3.05, 3.63) is 41.5 Å². The molecule has 0 spiro atoms. The van der Waals surface area contributed by atoms with Crippen molar-refractivity contribution in [1.82, 2.24) is 4.90 Å². The first-order chi connectivity index (χ1) is 9.72. The van der Waals surface area contributed by atoms with Gasteiger partial charge in [-0.2, -0.15) is 5.26 Å². The molecule has 4 rings (SSSR count). The lowest BCUT2D eigenvalue weighted by Crippen LogP contribution is -2.34. The maximum atomic E-state index is 9.27. The molecule has 2 heterocycles. The summed E-state index contributed by atoms with van der Waals surface area (Å²) in [5.74, 6) is 0. The summed E-state index contributed by atoms with van der Waals surface area (Å²) in [5.41, 5.74) is 3.91. The van der Waals surface area contributed by atoms with Crippen LogP contribution >= 0.6 is 0 Å². The van der Waals surface area contributed by atoms with Gasteiger partial charge in [0.15, 0.2) is 0 Å². The van der Waals surface area contributed by atoms with E-state index in [9.17, 15) is 5.26 Å². The average Bonchev–Trinajstić information content (AvgIpc) is 3.26. The minimum Gasteiger partial charge on any atom is -0.297 e. The van der Waals surface area contributed by atoms with Crippen LogP contribution in [0.15, 0.2) is 30.3 Å². The smallest absolute Gasteiger partial charge is 0.0823 e. The van der Waals surface area contributed by atoms with Crippen LogP contribution < -0.4 is 0 Å². The molecule has 0 radical (unpaired) electrons. The van der Waals surface area contributed by atoms with E-state index in [1.165, 1.54) is 36.0 Å². The number of hydrogen-bond donors (Lipinski definition) is 0. The highest BCUT2D eigenvalue weighted by Gasteiger charge is 2.44. The Balaban J connectivity index is 1.61. The Morgan fingerprint density at radius 1 is 1.20 bits per heavy atom. The lowest BCUT2D eigenvalue weighted by molar-refractivity contribution is 0.264. The van der Waals surface area contributed by atoms with E-state index in [1.807, 2.05) is 0 Å². The molecule has 3 aliphatic rings. The molecular formula is C18H20N2. The van der Waals surface area contributed by atoms with Gasteiger partial charge in [-0.05, 0) is 55.9 Å². The fourth-order valence-electron chi connectivity index (χ4n) is 3.85. The maximum absolute atomic E-state index is 9.27. The molecule has 2 aliphatic heterocycles. The largest absolute Gasteiger partial charge is 0.297 e. The number of benzene rings is 1. The van der Waals surface area contributed by atoms with Crippen molar-refractivity contribution < 1.29 is 0 Å². The number of likely N-dealkylation sites (N-methyl/N-ethyl adjacent to an activating group) is 1. The molecule has 1 aromatic carbocycles. The van der Waals surface area contributed by atoms with E-state index in [2.05, 4.69) is 48.4 Å². The maximum Gasteiger partial charge on any atom is 0.0823 e. The Labute approximate surface area is 120 Å². The van der Waals surface area contributed by atoms with Gasteiger partial charge < -0.3 is 0 Å². The van der Waals surface area contributed by atoms with E-state index in [-0.39, 0.29) is 5.41 Å². The molecule has 1 aliphatic carbocycles. The third-order valence-electron chi connectivity index (χ3n) is 5.52. The highest BCUT2D eigenvalue weighted by Crippen LogP contribution is 2.47. The van der Waals surface area contributed by atoms with Crippen molar-refractivity contribution in [3.63, 3.8) is 0 Å². The molecule has 1 saturated heterocycles. The second kappa shape index (κ2) is 4.20. The van der Waals surface area contributed by atoms with Crippen LogP contribution in [0.25, 0.3) is 5.57 Å². The lowest BCUT2D eigenvalue weighted by Gasteiger charge is -2.30. The third kappa shape index (κ3) is 1.73. The van der Waals surface area contributed by atoms with E-state index in [1.54, 1.807) is 0 Å². The summed E-state index contributed by atoms with van der Waals surface area (Å²) in [7, 11) is 2.25. The first-order valence-corrected chi connectivity index (χ1v) is 7.67. The summed E-state index contributed by atoms with van der Waals surface area (Å²) in [5, 5.41) is 9.27. The van der Waals surface area contributed by atoms with Crippen molar-refractivity contribution in [2.75, 3.05) is 7.05 Å². The molecule has 2 unspecified atom stereocenters. The second-order valence-corrected chi connectivity index (χ2v) is 6.63. The summed E-state index contributed by atoms with van der Waals surface area (Å²) in [4.78, 5) is 2.52. The van der Waals surface area contributed by atoms with Gasteiger partial charge in [0.2, 0.25) is 0 Å². The normalized spacial score (nSPS) is 30.7. The standard InChI is InChI=1S/C18H20N2/c1-20-16-6-7-17(20)11-14(10-16)13-2-4-15(5-3-13)18(12-19)8-9-18/h2-5,10,16-17H,6-9,11H2,1H3. The minimum atomic E-state index is -0.154. The van der Waals surface area contributed by atoms with Crippen LogP contribution in [0, 0.1) is 11.3 Å². The molecule has 102 valence electrons. The average molecular weight is 264 g/mol. The molecular weight excluding hydrogens is 244 g/mol. The van der Waals surface area contributed by atoms with Gasteiger partial charge in [0.1, 0.15) is 0 Å². The van der Waals surface area contributed by atoms with Crippen molar-refractivity contribution >= 4 is 5.57 Å². The van der Waals surface area contributed by atoms with Crippen LogP contribution in [0.3, 0.4) is 0 Å². The van der Waals surface area contributed by atoms with Gasteiger partial charge in [-0.15, -0.1) is 0 Å². The highest BCUT2D eigenvalue weighted by molar-refractivity contribution is 5.68. The van der Waals surface area contributed by atoms with Crippen molar-refractivity contribution in [2.24, 2.45) is 0 Å². The van der Waals surface area contributed by atoms with Crippen LogP contribution in [-0.2, 0) is 5.41 Å². The molecule has 1 saturated carbocycles. The van der Waals surface area contributed by atoms with Gasteiger partial charge in [0.05, 0.1) is 11.5 Å². The summed E-state index contributed by atoms with van der Waals surface area (Å²) < 4.78 is 0. The van der Waals surface area contributed by atoms with Gasteiger partial charge in [0.25, 0.3) is 0 Å². The van der Waals surface area contributed by atoms with Gasteiger partial charge in [0, 0.05) is 12.1 Å². The van der Waals surface area contributed by atoms with Crippen molar-refractivity contribution in [1.29, 1.82) is 5.26 Å². The fraction of sp³-hybridized carbons (Fsp3) is 0.500. The van der Waals surface area contributed by atoms with Gasteiger partial charge >= 0.3 is 0 Å². The predicted molar refractivity (Wildman–Crippen MR) is 80.1 cm³/mol. The number of rotatable bonds is 2. The van der Waals surface area contributed by atoms with Crippen LogP contribution in [0.5, 0.6) is 0 Å². The Morgan fingerprint density at radius 3 is 2.55 bits per heavy atom. The van der Waals surface area contributed by atoms with Crippen molar-refractivity contribution in [2.45, 2.75) is 49.6 Å². The molecule has 2 bridgehead atoms. The van der Waals surface area contributed by atoms with Crippen LogP contribution in [0.4, 0.5) is 0 Å². The van der Waals surface area contributed by atoms with Gasteiger partial charge in [-0.1, -0.05) is 30.3 Å². The second-order valence-electron chi connectivity index (χ2n) is 6.63. The lowest BCUT2D eigenvalue weighted by atomic mass is 9.91. The van der Waals surface area contributed by atoms with Crippen LogP contribution in [-0.4, -0.2) is 24.0 Å². The van der Waals surface area contributed by atoms with E-state index in [4.69, 9.17) is 0 Å². The predicted octanol–water partition coefficient (Wildman–Crippen LogP) is 3.49. The summed E-state index contributed by atoms with van der Waals surface area (Å²) in [6.45, 7) is 0. The van der Waals surface area contributed by atoms with Crippen LogP contribution in [0.1, 0.15) is 43.2 Å². The van der Waals surface area contributed by atoms with E-state index < -0.39 is 0 Å². The Kier molecular flexibility index (Phi) is 2.56. The molecule has 2 nitrogen and oxygen atoms in total. The SMILES string of the molecule is CN1C2C=C(c3ccc(C4(C#N)CC4)cc3)CC1CC2. The first-order valence-electron chi connectivity index (χ1n) is 7.67. The van der Waals surface area contributed by atoms with Gasteiger partial charge in [-0.3, -0.25) is 4.90 Å². The molecule has 0 N–H and O–H groups in total. The van der Waals surface area contributed by atoms with Crippen molar-refractivity contribution in [3.8, 4) is 6.07 Å². The molecule has 1 aromatic rings. The molecule has 0 aromatic heterocycles. The van der Waals surface area contributed by atoms with E-state index in [0.29, 0.717) is 6.04 Å². The Bertz CT molecular complexity index is 601. The number of fused-ring (bicyclic) bond motifs is 2. The van der Waals surface area contributed by atoms with E-state index in [0.717, 1.165) is 18.9 Å².